The van der Waals surface area contributed by atoms with Gasteiger partial charge in [0, 0.05) is 30.2 Å². The molecule has 0 fully saturated rings. The number of hydrogen-bond acceptors (Lipinski definition) is 5. The Bertz CT molecular complexity index is 638. The van der Waals surface area contributed by atoms with Crippen LogP contribution in [0.4, 0.5) is 5.69 Å². The first-order chi connectivity index (χ1) is 9.87. The van der Waals surface area contributed by atoms with E-state index < -0.39 is 10.0 Å². The van der Waals surface area contributed by atoms with Gasteiger partial charge in [0.05, 0.1) is 19.5 Å². The Labute approximate surface area is 125 Å². The Morgan fingerprint density at radius 3 is 2.33 bits per heavy atom. The third kappa shape index (κ3) is 4.49. The predicted octanol–water partition coefficient (Wildman–Crippen LogP) is 1.31. The third-order valence-corrected chi connectivity index (χ3v) is 3.72. The Morgan fingerprint density at radius 2 is 1.81 bits per heavy atom. The normalized spacial score (nSPS) is 14.6. The van der Waals surface area contributed by atoms with Gasteiger partial charge in [0.15, 0.2) is 5.78 Å². The molecule has 0 amide bonds. The lowest BCUT2D eigenvalue weighted by atomic mass is 10.1. The van der Waals surface area contributed by atoms with Crippen molar-refractivity contribution in [2.24, 2.45) is 0 Å². The van der Waals surface area contributed by atoms with Crippen molar-refractivity contribution in [3.8, 4) is 0 Å². The van der Waals surface area contributed by atoms with E-state index in [1.165, 1.54) is 0 Å². The van der Waals surface area contributed by atoms with Gasteiger partial charge in [-0.2, -0.15) is 0 Å². The Balaban J connectivity index is 1.96. The number of carbonyl (C=O) groups is 1. The van der Waals surface area contributed by atoms with Gasteiger partial charge in [0.2, 0.25) is 10.0 Å². The van der Waals surface area contributed by atoms with Crippen LogP contribution in [0.5, 0.6) is 0 Å². The van der Waals surface area contributed by atoms with Crippen LogP contribution < -0.4 is 4.72 Å². The molecule has 0 radical (unpaired) electrons. The van der Waals surface area contributed by atoms with Crippen LogP contribution in [0.1, 0.15) is 17.3 Å². The molecule has 114 valence electrons. The van der Waals surface area contributed by atoms with Crippen molar-refractivity contribution in [1.29, 1.82) is 0 Å². The molecule has 0 spiro atoms. The van der Waals surface area contributed by atoms with Crippen LogP contribution in [-0.2, 0) is 10.0 Å². The molecule has 1 N–H and O–H groups in total. The number of anilines is 1. The molecule has 21 heavy (non-hydrogen) atoms. The summed E-state index contributed by atoms with van der Waals surface area (Å²) in [5.74, 6) is 0.00325. The number of Topliss-reactive ketones (excluding diaryl/α,β-unsaturated/α-hetero) is 1. The Kier molecular flexibility index (Phi) is 4.52. The summed E-state index contributed by atoms with van der Waals surface area (Å²) in [7, 11) is -3.30. The van der Waals surface area contributed by atoms with Gasteiger partial charge in [0.25, 0.3) is 0 Å². The lowest BCUT2D eigenvalue weighted by Gasteiger charge is -2.19. The fraction of sp³-hybridized carbons (Fsp3) is 0.357. The monoisotopic (exact) mass is 309 g/mol. The largest absolute Gasteiger partial charge is 0.359 e. The fourth-order valence-corrected chi connectivity index (χ4v) is 2.60. The van der Waals surface area contributed by atoms with E-state index >= 15 is 0 Å². The van der Waals surface area contributed by atoms with Gasteiger partial charge < -0.3 is 9.80 Å². The first kappa shape index (κ1) is 15.4. The summed E-state index contributed by atoms with van der Waals surface area (Å²) >= 11 is 0. The molecule has 1 aromatic rings. The van der Waals surface area contributed by atoms with Crippen molar-refractivity contribution in [1.82, 2.24) is 9.80 Å². The predicted molar refractivity (Wildman–Crippen MR) is 82.3 cm³/mol. The first-order valence-corrected chi connectivity index (χ1v) is 8.54. The summed E-state index contributed by atoms with van der Waals surface area (Å²) in [6.07, 6.45) is 4.96. The van der Waals surface area contributed by atoms with Crippen LogP contribution in [0.3, 0.4) is 0 Å². The quantitative estimate of drug-likeness (QED) is 0.802. The molecule has 0 unspecified atom stereocenters. The molecule has 1 heterocycles. The zero-order valence-electron chi connectivity index (χ0n) is 12.1. The second-order valence-electron chi connectivity index (χ2n) is 4.97. The van der Waals surface area contributed by atoms with E-state index in [9.17, 15) is 13.2 Å². The third-order valence-electron chi connectivity index (χ3n) is 3.11. The molecule has 2 rings (SSSR count). The molecule has 0 saturated carbocycles. The van der Waals surface area contributed by atoms with E-state index in [1.54, 1.807) is 24.3 Å². The maximum atomic E-state index is 12.2. The van der Waals surface area contributed by atoms with Crippen LogP contribution in [0.25, 0.3) is 0 Å². The molecule has 0 atom stereocenters. The first-order valence-electron chi connectivity index (χ1n) is 6.65. The van der Waals surface area contributed by atoms with Gasteiger partial charge in [-0.15, -0.1) is 0 Å². The Hall–Kier alpha value is -2.02. The summed E-state index contributed by atoms with van der Waals surface area (Å²) in [6.45, 7) is 4.00. The SMILES string of the molecule is CCN1C=CN(CC(=O)c2ccc(NS(C)(=O)=O)cc2)C1. The number of hydrogen-bond donors (Lipinski definition) is 1. The summed E-state index contributed by atoms with van der Waals surface area (Å²) in [5, 5.41) is 0. The zero-order chi connectivity index (χ0) is 15.5. The number of nitrogens with zero attached hydrogens (tertiary/aromatic N) is 2. The van der Waals surface area contributed by atoms with Crippen molar-refractivity contribution < 1.29 is 13.2 Å². The van der Waals surface area contributed by atoms with Gasteiger partial charge in [-0.05, 0) is 31.2 Å². The number of nitrogens with one attached hydrogen (secondary N) is 1. The van der Waals surface area contributed by atoms with Crippen molar-refractivity contribution in [3.63, 3.8) is 0 Å². The maximum absolute atomic E-state index is 12.2. The van der Waals surface area contributed by atoms with Gasteiger partial charge in [0.1, 0.15) is 0 Å². The molecule has 0 bridgehead atoms. The average molecular weight is 309 g/mol. The molecule has 1 aromatic carbocycles. The highest BCUT2D eigenvalue weighted by molar-refractivity contribution is 7.92. The lowest BCUT2D eigenvalue weighted by Crippen LogP contribution is -2.29. The minimum atomic E-state index is -3.30. The van der Waals surface area contributed by atoms with Crippen LogP contribution >= 0.6 is 0 Å². The highest BCUT2D eigenvalue weighted by atomic mass is 32.2. The molecule has 7 heteroatoms. The van der Waals surface area contributed by atoms with Gasteiger partial charge >= 0.3 is 0 Å². The fourth-order valence-electron chi connectivity index (χ4n) is 2.04. The van der Waals surface area contributed by atoms with E-state index in [0.717, 1.165) is 19.5 Å². The standard InChI is InChI=1S/C14H19N3O3S/c1-3-16-8-9-17(11-16)10-14(18)12-4-6-13(7-5-12)15-21(2,19)20/h4-9,15H,3,10-11H2,1-2H3. The molecule has 1 aliphatic heterocycles. The van der Waals surface area contributed by atoms with Gasteiger partial charge in [-0.25, -0.2) is 8.42 Å². The number of sulfonamides is 1. The highest BCUT2D eigenvalue weighted by Gasteiger charge is 2.15. The van der Waals surface area contributed by atoms with Crippen molar-refractivity contribution in [2.75, 3.05) is 30.7 Å². The summed E-state index contributed by atoms with van der Waals surface area (Å²) in [5.41, 5.74) is 1.02. The van der Waals surface area contributed by atoms with E-state index in [4.69, 9.17) is 0 Å². The minimum absolute atomic E-state index is 0.00325. The zero-order valence-corrected chi connectivity index (χ0v) is 12.9. The average Bonchev–Trinajstić information content (AvgIpc) is 2.85. The van der Waals surface area contributed by atoms with Crippen LogP contribution in [0, 0.1) is 0 Å². The van der Waals surface area contributed by atoms with Crippen molar-refractivity contribution >= 4 is 21.5 Å². The van der Waals surface area contributed by atoms with Crippen molar-refractivity contribution in [2.45, 2.75) is 6.92 Å². The molecule has 0 aromatic heterocycles. The minimum Gasteiger partial charge on any atom is -0.359 e. The second-order valence-corrected chi connectivity index (χ2v) is 6.71. The lowest BCUT2D eigenvalue weighted by molar-refractivity contribution is 0.0946. The summed E-state index contributed by atoms with van der Waals surface area (Å²) in [6, 6.07) is 6.44. The number of rotatable bonds is 6. The summed E-state index contributed by atoms with van der Waals surface area (Å²) in [4.78, 5) is 16.2. The Morgan fingerprint density at radius 1 is 1.19 bits per heavy atom. The molecular weight excluding hydrogens is 290 g/mol. The summed E-state index contributed by atoms with van der Waals surface area (Å²) < 4.78 is 24.6. The molecule has 1 aliphatic rings. The van der Waals surface area contributed by atoms with Gasteiger partial charge in [-0.3, -0.25) is 9.52 Å². The molecular formula is C14H19N3O3S. The highest BCUT2D eigenvalue weighted by Crippen LogP contribution is 2.13. The van der Waals surface area contributed by atoms with Crippen LogP contribution in [0.2, 0.25) is 0 Å². The van der Waals surface area contributed by atoms with Crippen molar-refractivity contribution in [3.05, 3.63) is 42.2 Å². The van der Waals surface area contributed by atoms with Gasteiger partial charge in [-0.1, -0.05) is 0 Å². The number of ketones is 1. The topological polar surface area (TPSA) is 69.7 Å². The molecule has 0 saturated heterocycles. The van der Waals surface area contributed by atoms with E-state index in [-0.39, 0.29) is 5.78 Å². The van der Waals surface area contributed by atoms with Crippen LogP contribution in [-0.4, -0.2) is 50.0 Å². The second kappa shape index (κ2) is 6.17. The van der Waals surface area contributed by atoms with Crippen LogP contribution in [0.15, 0.2) is 36.7 Å². The molecule has 0 aliphatic carbocycles. The smallest absolute Gasteiger partial charge is 0.229 e. The van der Waals surface area contributed by atoms with E-state index in [1.807, 2.05) is 17.3 Å². The number of benzene rings is 1. The van der Waals surface area contributed by atoms with E-state index in [2.05, 4.69) is 16.5 Å². The van der Waals surface area contributed by atoms with E-state index in [0.29, 0.717) is 17.8 Å². The maximum Gasteiger partial charge on any atom is 0.229 e. The molecule has 6 nitrogen and oxygen atoms in total. The number of carbonyl (C=O) groups excluding carboxylic acids is 1.